The Morgan fingerprint density at radius 2 is 1.61 bits per heavy atom. The highest BCUT2D eigenvalue weighted by molar-refractivity contribution is 5.94. The minimum absolute atomic E-state index is 0.00688. The predicted octanol–water partition coefficient (Wildman–Crippen LogP) is 2.41. The molecule has 2 aliphatic heterocycles. The molecule has 0 bridgehead atoms. The zero-order chi connectivity index (χ0) is 29.1. The van der Waals surface area contributed by atoms with E-state index in [2.05, 4.69) is 16.8 Å². The standard InChI is InChI=1S/C18H27N3O3.2C2HF3O2/c1-15-11-20(7-9-23-2)12-18(15)13-21(8-10-24-14-18)17(22)16-3-5-19-6-4-16;2*3-2(4,5)1(6)7/h3-6,15H,7-14H2,1-2H3;2*(H,6,7)/t15-,18+;;/m1../s1. The molecule has 1 spiro atoms. The van der Waals surface area contributed by atoms with Gasteiger partial charge in [0.1, 0.15) is 0 Å². The number of amides is 1. The number of aromatic nitrogens is 1. The number of pyridine rings is 1. The van der Waals surface area contributed by atoms with Gasteiger partial charge < -0.3 is 29.5 Å². The van der Waals surface area contributed by atoms with Gasteiger partial charge in [-0.25, -0.2) is 9.59 Å². The molecule has 0 saturated carbocycles. The van der Waals surface area contributed by atoms with E-state index in [0.717, 1.165) is 39.4 Å². The lowest BCUT2D eigenvalue weighted by atomic mass is 9.79. The van der Waals surface area contributed by atoms with Crippen molar-refractivity contribution in [2.75, 3.05) is 59.7 Å². The second-order valence-electron chi connectivity index (χ2n) is 8.61. The van der Waals surface area contributed by atoms with Gasteiger partial charge in [-0.1, -0.05) is 6.92 Å². The minimum atomic E-state index is -5.08. The number of alkyl halides is 6. The number of carbonyl (C=O) groups is 3. The number of carboxylic acid groups (broad SMARTS) is 2. The van der Waals surface area contributed by atoms with E-state index in [4.69, 9.17) is 29.3 Å². The van der Waals surface area contributed by atoms with Gasteiger partial charge in [0, 0.05) is 63.2 Å². The first-order chi connectivity index (χ1) is 17.5. The molecular formula is C22H29F6N3O7. The van der Waals surface area contributed by atoms with Crippen LogP contribution in [0.5, 0.6) is 0 Å². The number of carboxylic acids is 2. The Morgan fingerprint density at radius 1 is 1.08 bits per heavy atom. The maximum absolute atomic E-state index is 12.9. The Labute approximate surface area is 214 Å². The SMILES string of the molecule is COCCN1C[C@@H](C)[C@@]2(COCCN(C(=O)c3ccncc3)C2)C1.O=C(O)C(F)(F)F.O=C(O)C(F)(F)F. The predicted molar refractivity (Wildman–Crippen MR) is 118 cm³/mol. The van der Waals surface area contributed by atoms with Crippen LogP contribution in [0.25, 0.3) is 0 Å². The third kappa shape index (κ3) is 10.4. The summed E-state index contributed by atoms with van der Waals surface area (Å²) in [6.07, 6.45) is -6.83. The highest BCUT2D eigenvalue weighted by atomic mass is 19.4. The van der Waals surface area contributed by atoms with E-state index in [1.54, 1.807) is 31.6 Å². The number of nitrogens with zero attached hydrogens (tertiary/aromatic N) is 3. The zero-order valence-electron chi connectivity index (χ0n) is 20.6. The van der Waals surface area contributed by atoms with Crippen LogP contribution in [-0.4, -0.2) is 115 Å². The number of carbonyl (C=O) groups excluding carboxylic acids is 1. The molecule has 2 atom stereocenters. The number of aliphatic carboxylic acids is 2. The summed E-state index contributed by atoms with van der Waals surface area (Å²) in [6, 6.07) is 3.56. The van der Waals surface area contributed by atoms with Gasteiger partial charge in [-0.3, -0.25) is 9.78 Å². The Morgan fingerprint density at radius 3 is 2.08 bits per heavy atom. The fourth-order valence-electron chi connectivity index (χ4n) is 3.84. The number of methoxy groups -OCH3 is 1. The average molecular weight is 561 g/mol. The zero-order valence-corrected chi connectivity index (χ0v) is 20.6. The molecule has 0 unspecified atom stereocenters. The third-order valence-electron chi connectivity index (χ3n) is 5.83. The summed E-state index contributed by atoms with van der Waals surface area (Å²) in [4.78, 5) is 39.0. The number of likely N-dealkylation sites (tertiary alicyclic amines) is 1. The molecule has 0 aromatic carbocycles. The van der Waals surface area contributed by atoms with Gasteiger partial charge in [0.25, 0.3) is 5.91 Å². The summed E-state index contributed by atoms with van der Waals surface area (Å²) in [7, 11) is 1.74. The third-order valence-corrected chi connectivity index (χ3v) is 5.83. The first-order valence-corrected chi connectivity index (χ1v) is 11.1. The van der Waals surface area contributed by atoms with Crippen LogP contribution in [-0.2, 0) is 19.1 Å². The normalized spacial score (nSPS) is 22.0. The molecule has 0 radical (unpaired) electrons. The van der Waals surface area contributed by atoms with Gasteiger partial charge in [-0.15, -0.1) is 0 Å². The van der Waals surface area contributed by atoms with Crippen LogP contribution in [0.2, 0.25) is 0 Å². The van der Waals surface area contributed by atoms with E-state index in [-0.39, 0.29) is 11.3 Å². The largest absolute Gasteiger partial charge is 0.490 e. The Hall–Kier alpha value is -2.98. The Balaban J connectivity index is 0.000000426. The second-order valence-corrected chi connectivity index (χ2v) is 8.61. The smallest absolute Gasteiger partial charge is 0.475 e. The van der Waals surface area contributed by atoms with Crippen molar-refractivity contribution in [1.29, 1.82) is 0 Å². The number of rotatable bonds is 4. The first-order valence-electron chi connectivity index (χ1n) is 11.1. The average Bonchev–Trinajstić information content (AvgIpc) is 2.99. The summed E-state index contributed by atoms with van der Waals surface area (Å²) < 4.78 is 74.6. The van der Waals surface area contributed by atoms with Gasteiger partial charge >= 0.3 is 24.3 Å². The first kappa shape index (κ1) is 33.0. The summed E-state index contributed by atoms with van der Waals surface area (Å²) >= 11 is 0. The van der Waals surface area contributed by atoms with Crippen molar-refractivity contribution in [3.63, 3.8) is 0 Å². The van der Waals surface area contributed by atoms with Gasteiger partial charge in [-0.2, -0.15) is 26.3 Å². The number of hydrogen-bond acceptors (Lipinski definition) is 7. The second kappa shape index (κ2) is 14.2. The fraction of sp³-hybridized carbons (Fsp3) is 0.636. The topological polar surface area (TPSA) is 130 Å². The summed E-state index contributed by atoms with van der Waals surface area (Å²) in [6.45, 7) is 8.65. The van der Waals surface area contributed by atoms with Gasteiger partial charge in [-0.05, 0) is 18.1 Å². The number of hydrogen-bond donors (Lipinski definition) is 2. The van der Waals surface area contributed by atoms with Crippen molar-refractivity contribution < 1.29 is 60.4 Å². The van der Waals surface area contributed by atoms with Crippen molar-refractivity contribution in [1.82, 2.24) is 14.8 Å². The molecule has 2 fully saturated rings. The van der Waals surface area contributed by atoms with Gasteiger partial charge in [0.05, 0.1) is 19.8 Å². The highest BCUT2D eigenvalue weighted by Gasteiger charge is 2.47. The monoisotopic (exact) mass is 561 g/mol. The molecular weight excluding hydrogens is 532 g/mol. The number of halogens is 6. The van der Waals surface area contributed by atoms with Crippen molar-refractivity contribution in [2.24, 2.45) is 11.3 Å². The van der Waals surface area contributed by atoms with Crippen LogP contribution >= 0.6 is 0 Å². The van der Waals surface area contributed by atoms with E-state index < -0.39 is 24.3 Å². The van der Waals surface area contributed by atoms with Crippen LogP contribution in [0.15, 0.2) is 24.5 Å². The molecule has 216 valence electrons. The Bertz CT molecular complexity index is 893. The van der Waals surface area contributed by atoms with Crippen LogP contribution in [0, 0.1) is 11.3 Å². The van der Waals surface area contributed by atoms with Crippen LogP contribution in [0.1, 0.15) is 17.3 Å². The van der Waals surface area contributed by atoms with E-state index >= 15 is 0 Å². The van der Waals surface area contributed by atoms with Gasteiger partial charge in [0.15, 0.2) is 0 Å². The Kier molecular flexibility index (Phi) is 12.4. The number of ether oxygens (including phenoxy) is 2. The lowest BCUT2D eigenvalue weighted by molar-refractivity contribution is -0.193. The van der Waals surface area contributed by atoms with E-state index in [1.807, 2.05) is 4.90 Å². The fourth-order valence-corrected chi connectivity index (χ4v) is 3.84. The van der Waals surface area contributed by atoms with Crippen molar-refractivity contribution in [2.45, 2.75) is 19.3 Å². The lowest BCUT2D eigenvalue weighted by Crippen LogP contribution is -2.46. The molecule has 3 rings (SSSR count). The highest BCUT2D eigenvalue weighted by Crippen LogP contribution is 2.38. The molecule has 1 aromatic rings. The lowest BCUT2D eigenvalue weighted by Gasteiger charge is -2.35. The molecule has 0 aliphatic carbocycles. The van der Waals surface area contributed by atoms with E-state index in [1.165, 1.54) is 0 Å². The maximum atomic E-state index is 12.9. The molecule has 1 aromatic heterocycles. The van der Waals surface area contributed by atoms with Crippen LogP contribution < -0.4 is 0 Å². The van der Waals surface area contributed by atoms with Crippen molar-refractivity contribution in [3.05, 3.63) is 30.1 Å². The molecule has 3 heterocycles. The van der Waals surface area contributed by atoms with E-state index in [9.17, 15) is 31.1 Å². The summed E-state index contributed by atoms with van der Waals surface area (Å²) in [5, 5.41) is 14.2. The molecule has 10 nitrogen and oxygen atoms in total. The van der Waals surface area contributed by atoms with Crippen LogP contribution in [0.3, 0.4) is 0 Å². The maximum Gasteiger partial charge on any atom is 0.490 e. The molecule has 2 saturated heterocycles. The molecule has 2 aliphatic rings. The summed E-state index contributed by atoms with van der Waals surface area (Å²) in [5.41, 5.74) is 0.705. The summed E-state index contributed by atoms with van der Waals surface area (Å²) in [5.74, 6) is -4.95. The quantitative estimate of drug-likeness (QED) is 0.533. The minimum Gasteiger partial charge on any atom is -0.475 e. The molecule has 2 N–H and O–H groups in total. The molecule has 38 heavy (non-hydrogen) atoms. The van der Waals surface area contributed by atoms with Crippen molar-refractivity contribution >= 4 is 17.8 Å². The van der Waals surface area contributed by atoms with Crippen LogP contribution in [0.4, 0.5) is 26.3 Å². The molecule has 16 heteroatoms. The molecule has 1 amide bonds. The van der Waals surface area contributed by atoms with Crippen molar-refractivity contribution in [3.8, 4) is 0 Å². The van der Waals surface area contributed by atoms with E-state index in [0.29, 0.717) is 24.6 Å². The van der Waals surface area contributed by atoms with Gasteiger partial charge in [0.2, 0.25) is 0 Å².